The topological polar surface area (TPSA) is 17.1 Å². The Morgan fingerprint density at radius 2 is 1.83 bits per heavy atom. The second kappa shape index (κ2) is 9.50. The molecule has 2 heteroatoms. The molecule has 64 valence electrons. The van der Waals surface area contributed by atoms with Crippen LogP contribution in [0.1, 0.15) is 33.6 Å². The minimum Gasteiger partial charge on any atom is -0.299 e. The zero-order valence-corrected chi connectivity index (χ0v) is 10.5. The molecule has 0 spiro atoms. The van der Waals surface area contributed by atoms with Crippen LogP contribution in [0.25, 0.3) is 0 Å². The Kier molecular flexibility index (Phi) is 11.8. The molecule has 0 fully saturated rings. The number of rotatable bonds is 4. The molecule has 2 radical (unpaired) electrons. The van der Waals surface area contributed by atoms with Crippen molar-refractivity contribution in [3.63, 3.8) is 0 Å². The summed E-state index contributed by atoms with van der Waals surface area (Å²) < 4.78 is 0. The SMILES string of the molecule is CC(C)=CCCC(C)=CC=O.[Ca]. The molecule has 0 atom stereocenters. The largest absolute Gasteiger partial charge is 0.299 e. The number of carbonyl (C=O) groups excluding carboxylic acids is 1. The first-order chi connectivity index (χ1) is 5.16. The predicted octanol–water partition coefficient (Wildman–Crippen LogP) is 2.50. The molecule has 0 rings (SSSR count). The maximum atomic E-state index is 10.0. The fraction of sp³-hybridized carbons (Fsp3) is 0.500. The summed E-state index contributed by atoms with van der Waals surface area (Å²) in [5, 5.41) is 0. The summed E-state index contributed by atoms with van der Waals surface area (Å²) in [6.07, 6.45) is 6.68. The van der Waals surface area contributed by atoms with Gasteiger partial charge in [-0.15, -0.1) is 0 Å². The van der Waals surface area contributed by atoms with Gasteiger partial charge in [0.15, 0.2) is 0 Å². The van der Waals surface area contributed by atoms with Crippen LogP contribution in [-0.2, 0) is 4.79 Å². The van der Waals surface area contributed by atoms with Crippen molar-refractivity contribution in [3.8, 4) is 0 Å². The second-order valence-electron chi connectivity index (χ2n) is 2.97. The van der Waals surface area contributed by atoms with Gasteiger partial charge in [0.25, 0.3) is 0 Å². The molecule has 0 N–H and O–H groups in total. The van der Waals surface area contributed by atoms with Crippen molar-refractivity contribution in [2.45, 2.75) is 33.6 Å². The van der Waals surface area contributed by atoms with Crippen molar-refractivity contribution in [1.29, 1.82) is 0 Å². The van der Waals surface area contributed by atoms with Gasteiger partial charge in [-0.1, -0.05) is 17.2 Å². The van der Waals surface area contributed by atoms with E-state index in [2.05, 4.69) is 19.9 Å². The molecule has 0 amide bonds. The summed E-state index contributed by atoms with van der Waals surface area (Å²) in [5.74, 6) is 0. The van der Waals surface area contributed by atoms with Crippen LogP contribution in [0.3, 0.4) is 0 Å². The van der Waals surface area contributed by atoms with Crippen molar-refractivity contribution in [2.75, 3.05) is 0 Å². The fourth-order valence-electron chi connectivity index (χ4n) is 0.788. The zero-order valence-electron chi connectivity index (χ0n) is 8.26. The molecule has 0 saturated carbocycles. The van der Waals surface area contributed by atoms with Gasteiger partial charge in [-0.3, -0.25) is 4.79 Å². The van der Waals surface area contributed by atoms with E-state index in [1.54, 1.807) is 6.08 Å². The third-order valence-corrected chi connectivity index (χ3v) is 1.44. The Hall–Kier alpha value is 0.410. The molecule has 0 heterocycles. The minimum atomic E-state index is 0. The van der Waals surface area contributed by atoms with Gasteiger partial charge >= 0.3 is 0 Å². The van der Waals surface area contributed by atoms with Crippen molar-refractivity contribution in [2.24, 2.45) is 0 Å². The number of hydrogen-bond acceptors (Lipinski definition) is 1. The van der Waals surface area contributed by atoms with E-state index in [-0.39, 0.29) is 37.7 Å². The quantitative estimate of drug-likeness (QED) is 0.289. The Morgan fingerprint density at radius 1 is 1.25 bits per heavy atom. The zero-order chi connectivity index (χ0) is 8.69. The van der Waals surface area contributed by atoms with E-state index in [9.17, 15) is 4.79 Å². The number of aldehydes is 1. The maximum absolute atomic E-state index is 10.0. The van der Waals surface area contributed by atoms with E-state index in [0.29, 0.717) is 0 Å². The molecule has 0 saturated heterocycles. The van der Waals surface area contributed by atoms with Crippen molar-refractivity contribution in [1.82, 2.24) is 0 Å². The maximum Gasteiger partial charge on any atom is 0.142 e. The van der Waals surface area contributed by atoms with Crippen LogP contribution in [0.15, 0.2) is 23.3 Å². The Balaban J connectivity index is 0. The van der Waals surface area contributed by atoms with Crippen LogP contribution in [0.4, 0.5) is 0 Å². The average molecular weight is 192 g/mol. The summed E-state index contributed by atoms with van der Waals surface area (Å²) in [6.45, 7) is 6.14. The van der Waals surface area contributed by atoms with Crippen molar-refractivity contribution >= 4 is 44.0 Å². The van der Waals surface area contributed by atoms with Gasteiger partial charge in [0.2, 0.25) is 0 Å². The normalized spacial score (nSPS) is 10.1. The van der Waals surface area contributed by atoms with E-state index in [4.69, 9.17) is 0 Å². The molecule has 1 nitrogen and oxygen atoms in total. The van der Waals surface area contributed by atoms with Gasteiger partial charge in [0, 0.05) is 37.7 Å². The first-order valence-electron chi connectivity index (χ1n) is 3.91. The molecule has 0 aromatic heterocycles. The van der Waals surface area contributed by atoms with Gasteiger partial charge in [-0.2, -0.15) is 0 Å². The van der Waals surface area contributed by atoms with Gasteiger partial charge in [-0.05, 0) is 39.7 Å². The van der Waals surface area contributed by atoms with Gasteiger partial charge in [-0.25, -0.2) is 0 Å². The third kappa shape index (κ3) is 10.4. The fourth-order valence-corrected chi connectivity index (χ4v) is 0.788. The summed E-state index contributed by atoms with van der Waals surface area (Å²) >= 11 is 0. The minimum absolute atomic E-state index is 0. The van der Waals surface area contributed by atoms with Gasteiger partial charge in [0.05, 0.1) is 0 Å². The average Bonchev–Trinajstić information content (AvgIpc) is 1.87. The van der Waals surface area contributed by atoms with E-state index < -0.39 is 0 Å². The van der Waals surface area contributed by atoms with E-state index in [0.717, 1.165) is 24.7 Å². The van der Waals surface area contributed by atoms with E-state index in [1.165, 1.54) is 5.57 Å². The van der Waals surface area contributed by atoms with Crippen LogP contribution >= 0.6 is 0 Å². The van der Waals surface area contributed by atoms with E-state index >= 15 is 0 Å². The summed E-state index contributed by atoms with van der Waals surface area (Å²) in [5.41, 5.74) is 2.49. The standard InChI is InChI=1S/C10H16O.Ca/c1-9(2)5-4-6-10(3)7-8-11;/h5,7-8H,4,6H2,1-3H3;. The molecule has 0 bridgehead atoms. The Labute approximate surface area is 105 Å². The predicted molar refractivity (Wildman–Crippen MR) is 54.2 cm³/mol. The number of hydrogen-bond donors (Lipinski definition) is 0. The van der Waals surface area contributed by atoms with Crippen LogP contribution in [0.2, 0.25) is 0 Å². The molecule has 0 aromatic carbocycles. The Bertz CT molecular complexity index is 176. The molecule has 0 unspecified atom stereocenters. The molecule has 0 aliphatic heterocycles. The molecule has 12 heavy (non-hydrogen) atoms. The first kappa shape index (κ1) is 14.9. The molecular formula is C10H16CaO. The summed E-state index contributed by atoms with van der Waals surface area (Å²) in [6, 6.07) is 0. The molecule has 0 aromatic rings. The summed E-state index contributed by atoms with van der Waals surface area (Å²) in [7, 11) is 0. The van der Waals surface area contributed by atoms with Gasteiger partial charge < -0.3 is 0 Å². The Morgan fingerprint density at radius 3 is 2.25 bits per heavy atom. The van der Waals surface area contributed by atoms with E-state index in [1.807, 2.05) is 6.92 Å². The summed E-state index contributed by atoms with van der Waals surface area (Å²) in [4.78, 5) is 10.0. The molecular weight excluding hydrogens is 176 g/mol. The third-order valence-electron chi connectivity index (χ3n) is 1.44. The second-order valence-corrected chi connectivity index (χ2v) is 2.97. The molecule has 0 aliphatic rings. The van der Waals surface area contributed by atoms with Crippen LogP contribution in [0, 0.1) is 0 Å². The first-order valence-corrected chi connectivity index (χ1v) is 3.91. The smallest absolute Gasteiger partial charge is 0.142 e. The number of carbonyl (C=O) groups is 1. The van der Waals surface area contributed by atoms with Crippen LogP contribution < -0.4 is 0 Å². The van der Waals surface area contributed by atoms with Crippen LogP contribution in [-0.4, -0.2) is 44.0 Å². The van der Waals surface area contributed by atoms with Crippen LogP contribution in [0.5, 0.6) is 0 Å². The molecule has 0 aliphatic carbocycles. The number of allylic oxidation sites excluding steroid dienone is 4. The van der Waals surface area contributed by atoms with Gasteiger partial charge in [0.1, 0.15) is 6.29 Å². The monoisotopic (exact) mass is 192 g/mol. The van der Waals surface area contributed by atoms with Crippen molar-refractivity contribution in [3.05, 3.63) is 23.3 Å². The van der Waals surface area contributed by atoms with Crippen molar-refractivity contribution < 1.29 is 4.79 Å².